The number of carbonyl (C=O) groups is 3. The molecule has 0 saturated carbocycles. The van der Waals surface area contributed by atoms with E-state index in [1.165, 1.54) is 7.05 Å². The SMILES string of the molecule is CNNC(=O)CN1C(=O)CC(C)C1=O. The van der Waals surface area contributed by atoms with Crippen LogP contribution in [-0.2, 0) is 14.4 Å². The fourth-order valence-corrected chi connectivity index (χ4v) is 1.34. The van der Waals surface area contributed by atoms with Crippen molar-refractivity contribution >= 4 is 17.7 Å². The van der Waals surface area contributed by atoms with Gasteiger partial charge in [-0.3, -0.25) is 24.7 Å². The van der Waals surface area contributed by atoms with Gasteiger partial charge in [0.05, 0.1) is 0 Å². The molecule has 1 aliphatic rings. The lowest BCUT2D eigenvalue weighted by molar-refractivity contribution is -0.143. The predicted molar refractivity (Wildman–Crippen MR) is 47.7 cm³/mol. The molecule has 2 N–H and O–H groups in total. The van der Waals surface area contributed by atoms with Crippen molar-refractivity contribution in [3.05, 3.63) is 0 Å². The number of carbonyl (C=O) groups excluding carboxylic acids is 3. The van der Waals surface area contributed by atoms with E-state index in [1.807, 2.05) is 0 Å². The van der Waals surface area contributed by atoms with Gasteiger partial charge in [0, 0.05) is 19.4 Å². The number of hydrazine groups is 1. The van der Waals surface area contributed by atoms with Crippen LogP contribution in [0.25, 0.3) is 0 Å². The molecule has 1 atom stereocenters. The third kappa shape index (κ3) is 2.08. The summed E-state index contributed by atoms with van der Waals surface area (Å²) in [7, 11) is 1.54. The topological polar surface area (TPSA) is 78.5 Å². The maximum absolute atomic E-state index is 11.4. The molecule has 1 rings (SSSR count). The van der Waals surface area contributed by atoms with Crippen molar-refractivity contribution in [2.24, 2.45) is 5.92 Å². The molecule has 0 spiro atoms. The number of hydrogen-bond acceptors (Lipinski definition) is 4. The van der Waals surface area contributed by atoms with E-state index in [1.54, 1.807) is 6.92 Å². The van der Waals surface area contributed by atoms with Crippen molar-refractivity contribution in [1.82, 2.24) is 15.8 Å². The first-order chi connectivity index (χ1) is 6.56. The molecule has 6 nitrogen and oxygen atoms in total. The molecule has 0 bridgehead atoms. The van der Waals surface area contributed by atoms with Gasteiger partial charge >= 0.3 is 0 Å². The van der Waals surface area contributed by atoms with E-state index in [9.17, 15) is 14.4 Å². The summed E-state index contributed by atoms with van der Waals surface area (Å²) < 4.78 is 0. The van der Waals surface area contributed by atoms with E-state index in [0.717, 1.165) is 4.90 Å². The molecule has 14 heavy (non-hydrogen) atoms. The van der Waals surface area contributed by atoms with Gasteiger partial charge in [0.2, 0.25) is 11.8 Å². The molecule has 0 aromatic heterocycles. The number of likely N-dealkylation sites (tertiary alicyclic amines) is 1. The van der Waals surface area contributed by atoms with Gasteiger partial charge in [0.25, 0.3) is 5.91 Å². The van der Waals surface area contributed by atoms with Crippen molar-refractivity contribution < 1.29 is 14.4 Å². The summed E-state index contributed by atoms with van der Waals surface area (Å²) in [5.41, 5.74) is 4.73. The summed E-state index contributed by atoms with van der Waals surface area (Å²) in [4.78, 5) is 34.7. The Labute approximate surface area is 81.6 Å². The fourth-order valence-electron chi connectivity index (χ4n) is 1.34. The number of imide groups is 1. The second-order valence-corrected chi connectivity index (χ2v) is 3.22. The van der Waals surface area contributed by atoms with Gasteiger partial charge < -0.3 is 0 Å². The third-order valence-electron chi connectivity index (χ3n) is 2.04. The summed E-state index contributed by atoms with van der Waals surface area (Å²) in [5.74, 6) is -1.26. The minimum Gasteiger partial charge on any atom is -0.290 e. The van der Waals surface area contributed by atoms with Crippen LogP contribution in [0, 0.1) is 5.92 Å². The average Bonchev–Trinajstić information content (AvgIpc) is 2.33. The summed E-state index contributed by atoms with van der Waals surface area (Å²) in [6.07, 6.45) is 0.200. The zero-order valence-electron chi connectivity index (χ0n) is 8.16. The first-order valence-corrected chi connectivity index (χ1v) is 4.36. The van der Waals surface area contributed by atoms with Crippen LogP contribution in [-0.4, -0.2) is 36.2 Å². The van der Waals surface area contributed by atoms with Gasteiger partial charge in [0.15, 0.2) is 0 Å². The van der Waals surface area contributed by atoms with Crippen molar-refractivity contribution in [3.63, 3.8) is 0 Å². The lowest BCUT2D eigenvalue weighted by atomic mass is 10.1. The van der Waals surface area contributed by atoms with E-state index in [-0.39, 0.29) is 30.7 Å². The maximum atomic E-state index is 11.4. The van der Waals surface area contributed by atoms with Crippen LogP contribution in [0.4, 0.5) is 0 Å². The molecule has 0 aliphatic carbocycles. The largest absolute Gasteiger partial charge is 0.290 e. The minimum atomic E-state index is -0.400. The number of hydrogen-bond donors (Lipinski definition) is 2. The molecule has 0 aromatic rings. The van der Waals surface area contributed by atoms with Crippen LogP contribution >= 0.6 is 0 Å². The van der Waals surface area contributed by atoms with Crippen molar-refractivity contribution in [3.8, 4) is 0 Å². The van der Waals surface area contributed by atoms with E-state index in [2.05, 4.69) is 10.9 Å². The Morgan fingerprint density at radius 3 is 2.64 bits per heavy atom. The zero-order chi connectivity index (χ0) is 10.7. The molecule has 1 heterocycles. The number of nitrogens with one attached hydrogen (secondary N) is 2. The monoisotopic (exact) mass is 199 g/mol. The molecular formula is C8H13N3O3. The molecule has 78 valence electrons. The third-order valence-corrected chi connectivity index (χ3v) is 2.04. The molecule has 3 amide bonds. The molecule has 6 heteroatoms. The quantitative estimate of drug-likeness (QED) is 0.434. The van der Waals surface area contributed by atoms with Crippen molar-refractivity contribution in [2.45, 2.75) is 13.3 Å². The van der Waals surface area contributed by atoms with E-state index >= 15 is 0 Å². The normalized spacial score (nSPS) is 21.6. The lowest BCUT2D eigenvalue weighted by Crippen LogP contribution is -2.44. The molecule has 1 fully saturated rings. The Hall–Kier alpha value is -1.43. The van der Waals surface area contributed by atoms with Crippen LogP contribution in [0.1, 0.15) is 13.3 Å². The molecule has 0 aromatic carbocycles. The zero-order valence-corrected chi connectivity index (χ0v) is 8.16. The van der Waals surface area contributed by atoms with Crippen molar-refractivity contribution in [1.29, 1.82) is 0 Å². The number of amides is 3. The maximum Gasteiger partial charge on any atom is 0.254 e. The predicted octanol–water partition coefficient (Wildman–Crippen LogP) is -1.37. The Bertz CT molecular complexity index is 277. The van der Waals surface area contributed by atoms with Gasteiger partial charge in [0.1, 0.15) is 6.54 Å². The summed E-state index contributed by atoms with van der Waals surface area (Å²) in [5, 5.41) is 0. The highest BCUT2D eigenvalue weighted by Gasteiger charge is 2.36. The van der Waals surface area contributed by atoms with Gasteiger partial charge in [-0.05, 0) is 0 Å². The number of nitrogens with zero attached hydrogens (tertiary/aromatic N) is 1. The summed E-state index contributed by atoms with van der Waals surface area (Å²) in [6, 6.07) is 0. The molecular weight excluding hydrogens is 186 g/mol. The minimum absolute atomic E-state index is 0.200. The fraction of sp³-hybridized carbons (Fsp3) is 0.625. The van der Waals surface area contributed by atoms with Crippen LogP contribution in [0.3, 0.4) is 0 Å². The Kier molecular flexibility index (Phi) is 3.19. The van der Waals surface area contributed by atoms with Crippen LogP contribution in [0.15, 0.2) is 0 Å². The first-order valence-electron chi connectivity index (χ1n) is 4.36. The molecule has 1 unspecified atom stereocenters. The lowest BCUT2D eigenvalue weighted by Gasteiger charge is -2.13. The van der Waals surface area contributed by atoms with Gasteiger partial charge in [-0.2, -0.15) is 0 Å². The Morgan fingerprint density at radius 1 is 1.57 bits per heavy atom. The molecule has 1 aliphatic heterocycles. The average molecular weight is 199 g/mol. The summed E-state index contributed by atoms with van der Waals surface area (Å²) in [6.45, 7) is 1.47. The molecule has 1 saturated heterocycles. The highest BCUT2D eigenvalue weighted by molar-refractivity contribution is 6.05. The van der Waals surface area contributed by atoms with Crippen LogP contribution in [0.5, 0.6) is 0 Å². The highest BCUT2D eigenvalue weighted by atomic mass is 16.2. The van der Waals surface area contributed by atoms with Crippen LogP contribution in [0.2, 0.25) is 0 Å². The molecule has 0 radical (unpaired) electrons. The van der Waals surface area contributed by atoms with E-state index in [4.69, 9.17) is 0 Å². The smallest absolute Gasteiger partial charge is 0.254 e. The van der Waals surface area contributed by atoms with Crippen molar-refractivity contribution in [2.75, 3.05) is 13.6 Å². The highest BCUT2D eigenvalue weighted by Crippen LogP contribution is 2.17. The Morgan fingerprint density at radius 2 is 2.21 bits per heavy atom. The standard InChI is InChI=1S/C8H13N3O3/c1-5-3-7(13)11(8(5)14)4-6(12)10-9-2/h5,9H,3-4H2,1-2H3,(H,10,12). The first kappa shape index (κ1) is 10.6. The summed E-state index contributed by atoms with van der Waals surface area (Å²) >= 11 is 0. The number of rotatable bonds is 3. The van der Waals surface area contributed by atoms with Gasteiger partial charge in [-0.15, -0.1) is 0 Å². The Balaban J connectivity index is 2.56. The second kappa shape index (κ2) is 4.19. The van der Waals surface area contributed by atoms with E-state index in [0.29, 0.717) is 0 Å². The van der Waals surface area contributed by atoms with Gasteiger partial charge in [-0.1, -0.05) is 6.92 Å². The second-order valence-electron chi connectivity index (χ2n) is 3.22. The van der Waals surface area contributed by atoms with Crippen LogP contribution < -0.4 is 10.9 Å². The van der Waals surface area contributed by atoms with E-state index < -0.39 is 5.91 Å². The van der Waals surface area contributed by atoms with Gasteiger partial charge in [-0.25, -0.2) is 5.43 Å².